The molecule has 0 unspecified atom stereocenters. The van der Waals surface area contributed by atoms with Gasteiger partial charge in [-0.1, -0.05) is 18.7 Å². The van der Waals surface area contributed by atoms with Crippen molar-refractivity contribution in [2.24, 2.45) is 0 Å². The van der Waals surface area contributed by atoms with E-state index in [0.29, 0.717) is 21.4 Å². The molecule has 2 heterocycles. The number of nitrogens with one attached hydrogen (secondary N) is 1. The number of carbonyl (C=O) groups excluding carboxylic acids is 1. The maximum absolute atomic E-state index is 12.8. The summed E-state index contributed by atoms with van der Waals surface area (Å²) in [7, 11) is 3.12. The van der Waals surface area contributed by atoms with Crippen LogP contribution in [0.25, 0.3) is 6.08 Å². The number of carbonyl (C=O) groups is 1. The van der Waals surface area contributed by atoms with Crippen LogP contribution in [0.2, 0.25) is 0 Å². The SMILES string of the molecule is CCc1nnc([C@@H]2C(=N)S/C(=C\c3cc(Br)c(OC)c(OC)c3)C2=O)s1. The predicted molar refractivity (Wildman–Crippen MR) is 108 cm³/mol. The number of nitrogens with zero attached hydrogens (tertiary/aromatic N) is 2. The lowest BCUT2D eigenvalue weighted by Gasteiger charge is -2.10. The van der Waals surface area contributed by atoms with Crippen molar-refractivity contribution in [1.82, 2.24) is 10.2 Å². The van der Waals surface area contributed by atoms with Crippen molar-refractivity contribution in [3.8, 4) is 11.5 Å². The molecular weight excluding hydrogens is 438 g/mol. The molecular formula is C17H16BrN3O3S2. The second-order valence-corrected chi connectivity index (χ2v) is 8.43. The van der Waals surface area contributed by atoms with E-state index in [1.54, 1.807) is 26.4 Å². The highest BCUT2D eigenvalue weighted by atomic mass is 79.9. The van der Waals surface area contributed by atoms with Crippen molar-refractivity contribution in [3.63, 3.8) is 0 Å². The summed E-state index contributed by atoms with van der Waals surface area (Å²) in [6, 6.07) is 3.64. The van der Waals surface area contributed by atoms with Gasteiger partial charge in [-0.2, -0.15) is 0 Å². The lowest BCUT2D eigenvalue weighted by atomic mass is 10.1. The molecule has 1 aliphatic heterocycles. The molecule has 1 aliphatic rings. The van der Waals surface area contributed by atoms with Crippen molar-refractivity contribution in [1.29, 1.82) is 5.41 Å². The highest BCUT2D eigenvalue weighted by molar-refractivity contribution is 9.10. The summed E-state index contributed by atoms with van der Waals surface area (Å²) in [5.41, 5.74) is 0.783. The van der Waals surface area contributed by atoms with Gasteiger partial charge in [-0.3, -0.25) is 10.2 Å². The highest BCUT2D eigenvalue weighted by Crippen LogP contribution is 2.43. The molecule has 0 saturated carbocycles. The number of allylic oxidation sites excluding steroid dienone is 1. The van der Waals surface area contributed by atoms with Crippen LogP contribution in [0.3, 0.4) is 0 Å². The van der Waals surface area contributed by atoms with Crippen molar-refractivity contribution in [2.45, 2.75) is 19.3 Å². The molecule has 0 radical (unpaired) electrons. The van der Waals surface area contributed by atoms with Gasteiger partial charge in [0.15, 0.2) is 17.3 Å². The predicted octanol–water partition coefficient (Wildman–Crippen LogP) is 4.30. The molecule has 136 valence electrons. The zero-order valence-corrected chi connectivity index (χ0v) is 17.5. The van der Waals surface area contributed by atoms with Gasteiger partial charge in [0.2, 0.25) is 0 Å². The Morgan fingerprint density at radius 2 is 2.08 bits per heavy atom. The van der Waals surface area contributed by atoms with Crippen LogP contribution in [0.5, 0.6) is 11.5 Å². The molecule has 2 aromatic rings. The number of hydrogen-bond donors (Lipinski definition) is 1. The Hall–Kier alpha value is -1.71. The van der Waals surface area contributed by atoms with Gasteiger partial charge < -0.3 is 9.47 Å². The first-order valence-corrected chi connectivity index (χ1v) is 10.2. The van der Waals surface area contributed by atoms with E-state index in [9.17, 15) is 4.79 Å². The van der Waals surface area contributed by atoms with Crippen LogP contribution < -0.4 is 9.47 Å². The third-order valence-corrected chi connectivity index (χ3v) is 6.49. The highest BCUT2D eigenvalue weighted by Gasteiger charge is 2.39. The summed E-state index contributed by atoms with van der Waals surface area (Å²) in [5, 5.41) is 18.1. The van der Waals surface area contributed by atoms with E-state index in [1.165, 1.54) is 11.3 Å². The summed E-state index contributed by atoms with van der Waals surface area (Å²) >= 11 is 6.00. The van der Waals surface area contributed by atoms with Gasteiger partial charge in [-0.25, -0.2) is 0 Å². The Labute approximate surface area is 167 Å². The van der Waals surface area contributed by atoms with E-state index < -0.39 is 5.92 Å². The minimum absolute atomic E-state index is 0.121. The quantitative estimate of drug-likeness (QED) is 0.679. The molecule has 26 heavy (non-hydrogen) atoms. The van der Waals surface area contributed by atoms with E-state index in [1.807, 2.05) is 13.0 Å². The van der Waals surface area contributed by atoms with Gasteiger partial charge in [-0.05, 0) is 46.1 Å². The van der Waals surface area contributed by atoms with E-state index >= 15 is 0 Å². The van der Waals surface area contributed by atoms with Gasteiger partial charge in [0.05, 0.1) is 28.6 Å². The molecule has 6 nitrogen and oxygen atoms in total. The molecule has 0 bridgehead atoms. The van der Waals surface area contributed by atoms with Gasteiger partial charge in [0.1, 0.15) is 15.9 Å². The Morgan fingerprint density at radius 3 is 2.69 bits per heavy atom. The fraction of sp³-hybridized carbons (Fsp3) is 0.294. The number of ether oxygens (including phenoxy) is 2. The summed E-state index contributed by atoms with van der Waals surface area (Å²) < 4.78 is 11.4. The zero-order chi connectivity index (χ0) is 18.8. The molecule has 1 aromatic heterocycles. The largest absolute Gasteiger partial charge is 0.493 e. The second-order valence-electron chi connectivity index (χ2n) is 5.40. The van der Waals surface area contributed by atoms with E-state index in [0.717, 1.165) is 33.2 Å². The van der Waals surface area contributed by atoms with Crippen LogP contribution in [-0.4, -0.2) is 35.2 Å². The molecule has 9 heteroatoms. The van der Waals surface area contributed by atoms with Gasteiger partial charge in [0, 0.05) is 0 Å². The van der Waals surface area contributed by atoms with Crippen LogP contribution in [0, 0.1) is 5.41 Å². The number of halogens is 1. The second kappa shape index (κ2) is 7.89. The lowest BCUT2D eigenvalue weighted by Crippen LogP contribution is -2.11. The van der Waals surface area contributed by atoms with Gasteiger partial charge in [0.25, 0.3) is 0 Å². The van der Waals surface area contributed by atoms with Gasteiger partial charge in [-0.15, -0.1) is 21.5 Å². The van der Waals surface area contributed by atoms with Crippen LogP contribution in [-0.2, 0) is 11.2 Å². The van der Waals surface area contributed by atoms with Crippen LogP contribution >= 0.6 is 39.0 Å². The smallest absolute Gasteiger partial charge is 0.186 e. The topological polar surface area (TPSA) is 85.2 Å². The van der Waals surface area contributed by atoms with Crippen LogP contribution in [0.4, 0.5) is 0 Å². The molecule has 3 rings (SSSR count). The number of methoxy groups -OCH3 is 2. The van der Waals surface area contributed by atoms with Crippen LogP contribution in [0.1, 0.15) is 28.4 Å². The van der Waals surface area contributed by atoms with E-state index in [2.05, 4.69) is 26.1 Å². The number of hydrogen-bond acceptors (Lipinski definition) is 8. The molecule has 1 saturated heterocycles. The van der Waals surface area contributed by atoms with E-state index in [4.69, 9.17) is 14.9 Å². The third kappa shape index (κ3) is 3.56. The number of rotatable bonds is 5. The summed E-state index contributed by atoms with van der Waals surface area (Å²) in [6.45, 7) is 1.99. The van der Waals surface area contributed by atoms with Crippen molar-refractivity contribution >= 4 is 55.9 Å². The molecule has 0 aliphatic carbocycles. The van der Waals surface area contributed by atoms with Crippen molar-refractivity contribution in [2.75, 3.05) is 14.2 Å². The third-order valence-electron chi connectivity index (χ3n) is 3.77. The fourth-order valence-corrected chi connectivity index (χ4v) is 5.09. The number of aryl methyl sites for hydroxylation is 1. The molecule has 0 amide bonds. The number of thioether (sulfide) groups is 1. The minimum Gasteiger partial charge on any atom is -0.493 e. The first kappa shape index (κ1) is 19.1. The Kier molecular flexibility index (Phi) is 5.79. The Balaban J connectivity index is 1.94. The first-order chi connectivity index (χ1) is 12.5. The number of Topliss-reactive ketones (excluding diaryl/α,β-unsaturated/α-hetero) is 1. The van der Waals surface area contributed by atoms with Gasteiger partial charge >= 0.3 is 0 Å². The van der Waals surface area contributed by atoms with Crippen molar-refractivity contribution in [3.05, 3.63) is 37.1 Å². The Morgan fingerprint density at radius 1 is 1.31 bits per heavy atom. The maximum Gasteiger partial charge on any atom is 0.186 e. The average Bonchev–Trinajstić information content (AvgIpc) is 3.19. The fourth-order valence-electron chi connectivity index (χ4n) is 2.51. The number of ketones is 1. The van der Waals surface area contributed by atoms with Crippen LogP contribution in [0.15, 0.2) is 21.5 Å². The first-order valence-electron chi connectivity index (χ1n) is 7.74. The average molecular weight is 454 g/mol. The molecule has 1 fully saturated rings. The molecule has 1 atom stereocenters. The number of benzene rings is 1. The summed E-state index contributed by atoms with van der Waals surface area (Å²) in [6.07, 6.45) is 2.53. The Bertz CT molecular complexity index is 911. The minimum atomic E-state index is -0.646. The standard InChI is InChI=1S/C17H16BrN3O3S2/c1-4-12-20-21-17(26-12)13-14(22)11(25-16(13)19)7-8-5-9(18)15(24-3)10(6-8)23-2/h5-7,13,19H,4H2,1-3H3/b11-7-,19-16?/t13-/m0/s1. The van der Waals surface area contributed by atoms with E-state index in [-0.39, 0.29) is 10.8 Å². The maximum atomic E-state index is 12.8. The van der Waals surface area contributed by atoms with Crippen molar-refractivity contribution < 1.29 is 14.3 Å². The normalized spacial score (nSPS) is 18.6. The molecule has 0 spiro atoms. The lowest BCUT2D eigenvalue weighted by molar-refractivity contribution is -0.114. The zero-order valence-electron chi connectivity index (χ0n) is 14.3. The summed E-state index contributed by atoms with van der Waals surface area (Å²) in [4.78, 5) is 13.3. The molecule has 1 aromatic carbocycles. The summed E-state index contributed by atoms with van der Waals surface area (Å²) in [5.74, 6) is 0.386. The number of aromatic nitrogens is 2. The monoisotopic (exact) mass is 453 g/mol. The molecule has 1 N–H and O–H groups in total.